The number of hydrogen-bond donors (Lipinski definition) is 1. The van der Waals surface area contributed by atoms with Gasteiger partial charge in [-0.25, -0.2) is 4.68 Å². The Balaban J connectivity index is 1.94. The highest BCUT2D eigenvalue weighted by molar-refractivity contribution is 6.04. The smallest absolute Gasteiger partial charge is 0.293 e. The summed E-state index contributed by atoms with van der Waals surface area (Å²) in [4.78, 5) is 24.2. The first-order valence-corrected chi connectivity index (χ1v) is 7.66. The number of aromatic nitrogens is 2. The van der Waals surface area contributed by atoms with E-state index in [2.05, 4.69) is 21.9 Å². The van der Waals surface area contributed by atoms with Crippen LogP contribution in [0.25, 0.3) is 5.69 Å². The summed E-state index contributed by atoms with van der Waals surface area (Å²) in [6.45, 7) is 5.22. The van der Waals surface area contributed by atoms with Gasteiger partial charge in [0.25, 0.3) is 5.56 Å². The molecule has 3 rings (SSSR count). The Kier molecular flexibility index (Phi) is 4.52. The van der Waals surface area contributed by atoms with Crippen LogP contribution in [0.4, 0.5) is 11.4 Å². The number of allylic oxidation sites excluding steroid dienone is 1. The molecule has 0 bridgehead atoms. The lowest BCUT2D eigenvalue weighted by Crippen LogP contribution is -2.14. The average molecular weight is 332 g/mol. The minimum absolute atomic E-state index is 0.168. The standard InChI is InChI=1S/C19H16N4O2/c1-3-17(24)14-9-11-16(12-10-14)23-19(25)18(13(2)22-23)21-20-15-7-5-4-6-8-15/h3-12,22H,1H2,2H3/b21-20+. The topological polar surface area (TPSA) is 79.6 Å². The highest BCUT2D eigenvalue weighted by atomic mass is 16.1. The molecule has 0 aliphatic carbocycles. The number of carbonyl (C=O) groups is 1. The lowest BCUT2D eigenvalue weighted by atomic mass is 10.1. The number of aromatic amines is 1. The largest absolute Gasteiger partial charge is 0.299 e. The van der Waals surface area contributed by atoms with Crippen LogP contribution in [0, 0.1) is 6.92 Å². The molecule has 0 aliphatic rings. The van der Waals surface area contributed by atoms with Crippen LogP contribution in [0.5, 0.6) is 0 Å². The molecule has 124 valence electrons. The summed E-state index contributed by atoms with van der Waals surface area (Å²) in [5.41, 5.74) is 2.33. The molecule has 0 unspecified atom stereocenters. The monoisotopic (exact) mass is 332 g/mol. The van der Waals surface area contributed by atoms with E-state index in [0.717, 1.165) is 0 Å². The van der Waals surface area contributed by atoms with E-state index in [-0.39, 0.29) is 17.0 Å². The predicted octanol–water partition coefficient (Wildman–Crippen LogP) is 4.26. The third kappa shape index (κ3) is 3.37. The van der Waals surface area contributed by atoms with Crippen LogP contribution in [0.3, 0.4) is 0 Å². The minimum Gasteiger partial charge on any atom is -0.293 e. The van der Waals surface area contributed by atoms with Gasteiger partial charge in [0.05, 0.1) is 17.1 Å². The van der Waals surface area contributed by atoms with Crippen LogP contribution in [0.15, 0.2) is 82.3 Å². The third-order valence-electron chi connectivity index (χ3n) is 3.66. The van der Waals surface area contributed by atoms with E-state index in [1.165, 1.54) is 10.8 Å². The summed E-state index contributed by atoms with van der Waals surface area (Å²) in [5.74, 6) is -0.168. The Hall–Kier alpha value is -3.54. The first-order chi connectivity index (χ1) is 12.1. The SMILES string of the molecule is C=CC(=O)c1ccc(-n2[nH]c(C)c(/N=N/c3ccccc3)c2=O)cc1. The number of carbonyl (C=O) groups excluding carboxylic acids is 1. The zero-order valence-corrected chi connectivity index (χ0v) is 13.6. The molecule has 1 aromatic heterocycles. The van der Waals surface area contributed by atoms with Crippen LogP contribution in [-0.4, -0.2) is 15.6 Å². The molecule has 0 amide bonds. The Morgan fingerprint density at radius 1 is 1.08 bits per heavy atom. The maximum atomic E-state index is 12.6. The summed E-state index contributed by atoms with van der Waals surface area (Å²) >= 11 is 0. The normalized spacial score (nSPS) is 10.9. The second kappa shape index (κ2) is 6.92. The van der Waals surface area contributed by atoms with E-state index >= 15 is 0 Å². The van der Waals surface area contributed by atoms with Gasteiger partial charge in [0.2, 0.25) is 0 Å². The first-order valence-electron chi connectivity index (χ1n) is 7.66. The Bertz CT molecular complexity index is 996. The van der Waals surface area contributed by atoms with Crippen molar-refractivity contribution in [2.45, 2.75) is 6.92 Å². The summed E-state index contributed by atoms with van der Waals surface area (Å²) in [6.07, 6.45) is 1.25. The van der Waals surface area contributed by atoms with Gasteiger partial charge in [0, 0.05) is 5.56 Å². The molecule has 3 aromatic rings. The van der Waals surface area contributed by atoms with Gasteiger partial charge in [-0.1, -0.05) is 24.8 Å². The maximum Gasteiger partial charge on any atom is 0.299 e. The molecule has 1 heterocycles. The van der Waals surface area contributed by atoms with Crippen LogP contribution in [0.2, 0.25) is 0 Å². The van der Waals surface area contributed by atoms with E-state index in [9.17, 15) is 9.59 Å². The Labute approximate surface area is 144 Å². The molecular weight excluding hydrogens is 316 g/mol. The predicted molar refractivity (Wildman–Crippen MR) is 96.3 cm³/mol. The van der Waals surface area contributed by atoms with Crippen LogP contribution >= 0.6 is 0 Å². The third-order valence-corrected chi connectivity index (χ3v) is 3.66. The molecule has 25 heavy (non-hydrogen) atoms. The van der Waals surface area contributed by atoms with Crippen molar-refractivity contribution in [3.05, 3.63) is 88.9 Å². The van der Waals surface area contributed by atoms with Gasteiger partial charge in [0.15, 0.2) is 11.5 Å². The van der Waals surface area contributed by atoms with Gasteiger partial charge in [-0.15, -0.1) is 5.11 Å². The molecule has 0 aliphatic heterocycles. The zero-order chi connectivity index (χ0) is 17.8. The molecule has 6 nitrogen and oxygen atoms in total. The van der Waals surface area contributed by atoms with Crippen LogP contribution in [0.1, 0.15) is 16.1 Å². The minimum atomic E-state index is -0.306. The van der Waals surface area contributed by atoms with E-state index in [1.807, 2.05) is 18.2 Å². The van der Waals surface area contributed by atoms with E-state index in [0.29, 0.717) is 22.6 Å². The van der Waals surface area contributed by atoms with Gasteiger partial charge in [0.1, 0.15) is 0 Å². The number of rotatable bonds is 5. The highest BCUT2D eigenvalue weighted by Gasteiger charge is 2.12. The summed E-state index contributed by atoms with van der Waals surface area (Å²) < 4.78 is 1.37. The fraction of sp³-hybridized carbons (Fsp3) is 0.0526. The number of H-pyrrole nitrogens is 1. The fourth-order valence-corrected chi connectivity index (χ4v) is 2.33. The fourth-order valence-electron chi connectivity index (χ4n) is 2.33. The van der Waals surface area contributed by atoms with Crippen molar-refractivity contribution in [2.24, 2.45) is 10.2 Å². The lowest BCUT2D eigenvalue weighted by Gasteiger charge is -2.02. The van der Waals surface area contributed by atoms with Gasteiger partial charge < -0.3 is 0 Å². The quantitative estimate of drug-likeness (QED) is 0.430. The number of nitrogens with zero attached hydrogens (tertiary/aromatic N) is 3. The van der Waals surface area contributed by atoms with Gasteiger partial charge >= 0.3 is 0 Å². The second-order valence-electron chi connectivity index (χ2n) is 5.38. The van der Waals surface area contributed by atoms with Gasteiger partial charge in [-0.2, -0.15) is 5.11 Å². The van der Waals surface area contributed by atoms with Crippen molar-refractivity contribution in [1.82, 2.24) is 9.78 Å². The molecular formula is C19H16N4O2. The molecule has 0 spiro atoms. The number of azo groups is 1. The number of aryl methyl sites for hydroxylation is 1. The summed E-state index contributed by atoms with van der Waals surface area (Å²) in [6, 6.07) is 15.9. The van der Waals surface area contributed by atoms with Gasteiger partial charge in [-0.3, -0.25) is 14.7 Å². The molecule has 6 heteroatoms. The molecule has 2 aromatic carbocycles. The zero-order valence-electron chi connectivity index (χ0n) is 13.6. The van der Waals surface area contributed by atoms with E-state index in [1.54, 1.807) is 43.3 Å². The summed E-state index contributed by atoms with van der Waals surface area (Å²) in [7, 11) is 0. The molecule has 0 saturated heterocycles. The Morgan fingerprint density at radius 2 is 1.76 bits per heavy atom. The lowest BCUT2D eigenvalue weighted by molar-refractivity contribution is 0.104. The van der Waals surface area contributed by atoms with Crippen molar-refractivity contribution < 1.29 is 4.79 Å². The maximum absolute atomic E-state index is 12.6. The first kappa shape index (κ1) is 16.3. The van der Waals surface area contributed by atoms with Crippen molar-refractivity contribution in [2.75, 3.05) is 0 Å². The molecule has 0 saturated carbocycles. The second-order valence-corrected chi connectivity index (χ2v) is 5.38. The molecule has 0 atom stereocenters. The molecule has 0 fully saturated rings. The summed E-state index contributed by atoms with van der Waals surface area (Å²) in [5, 5.41) is 11.1. The van der Waals surface area contributed by atoms with Crippen molar-refractivity contribution in [3.63, 3.8) is 0 Å². The van der Waals surface area contributed by atoms with Crippen LogP contribution < -0.4 is 5.56 Å². The van der Waals surface area contributed by atoms with Crippen molar-refractivity contribution >= 4 is 17.2 Å². The highest BCUT2D eigenvalue weighted by Crippen LogP contribution is 2.18. The number of ketones is 1. The van der Waals surface area contributed by atoms with E-state index < -0.39 is 0 Å². The van der Waals surface area contributed by atoms with Crippen LogP contribution in [-0.2, 0) is 0 Å². The Morgan fingerprint density at radius 3 is 2.40 bits per heavy atom. The van der Waals surface area contributed by atoms with Crippen molar-refractivity contribution in [3.8, 4) is 5.69 Å². The number of nitrogens with one attached hydrogen (secondary N) is 1. The molecule has 1 N–H and O–H groups in total. The average Bonchev–Trinajstić information content (AvgIpc) is 2.94. The molecule has 0 radical (unpaired) electrons. The van der Waals surface area contributed by atoms with Gasteiger partial charge in [-0.05, 0) is 49.4 Å². The number of benzene rings is 2. The number of hydrogen-bond acceptors (Lipinski definition) is 4. The van der Waals surface area contributed by atoms with E-state index in [4.69, 9.17) is 0 Å². The van der Waals surface area contributed by atoms with Crippen molar-refractivity contribution in [1.29, 1.82) is 0 Å².